The first-order valence-corrected chi connectivity index (χ1v) is 7.69. The average molecular weight is 282 g/mol. The van der Waals surface area contributed by atoms with E-state index >= 15 is 0 Å². The van der Waals surface area contributed by atoms with Crippen molar-refractivity contribution in [3.63, 3.8) is 0 Å². The molecule has 3 N–H and O–H groups in total. The lowest BCUT2D eigenvalue weighted by molar-refractivity contribution is 0.0931. The summed E-state index contributed by atoms with van der Waals surface area (Å²) in [7, 11) is 0. The van der Waals surface area contributed by atoms with Crippen molar-refractivity contribution in [3.05, 3.63) is 21.4 Å². The summed E-state index contributed by atoms with van der Waals surface area (Å²) in [6, 6.07) is 2.00. The lowest BCUT2D eigenvalue weighted by Crippen LogP contribution is -2.34. The number of amides is 1. The summed E-state index contributed by atoms with van der Waals surface area (Å²) < 4.78 is 0. The van der Waals surface area contributed by atoms with Crippen molar-refractivity contribution in [1.82, 2.24) is 10.6 Å². The van der Waals surface area contributed by atoms with E-state index in [1.165, 1.54) is 10.4 Å². The normalized spacial score (nSPS) is 22.7. The van der Waals surface area contributed by atoms with Gasteiger partial charge in [-0.2, -0.15) is 0 Å². The number of hydrogen-bond donors (Lipinski definition) is 3. The van der Waals surface area contributed by atoms with E-state index in [-0.39, 0.29) is 17.9 Å². The van der Waals surface area contributed by atoms with Crippen LogP contribution in [-0.2, 0) is 6.42 Å². The summed E-state index contributed by atoms with van der Waals surface area (Å²) >= 11 is 1.56. The van der Waals surface area contributed by atoms with Crippen LogP contribution in [0.1, 0.15) is 33.5 Å². The fraction of sp³-hybridized carbons (Fsp3) is 0.643. The molecule has 0 aromatic carbocycles. The largest absolute Gasteiger partial charge is 0.391 e. The quantitative estimate of drug-likeness (QED) is 0.763. The number of aryl methyl sites for hydroxylation is 2. The van der Waals surface area contributed by atoms with E-state index in [1.807, 2.05) is 6.07 Å². The van der Waals surface area contributed by atoms with Crippen LogP contribution in [0.3, 0.4) is 0 Å². The van der Waals surface area contributed by atoms with Crippen LogP contribution < -0.4 is 10.6 Å². The van der Waals surface area contributed by atoms with Gasteiger partial charge in [-0.25, -0.2) is 0 Å². The third-order valence-corrected chi connectivity index (χ3v) is 4.68. The van der Waals surface area contributed by atoms with Crippen molar-refractivity contribution in [2.75, 3.05) is 19.6 Å². The summed E-state index contributed by atoms with van der Waals surface area (Å²) in [5.74, 6) is 0.106. The molecule has 2 unspecified atom stereocenters. The Balaban J connectivity index is 1.90. The number of carbonyl (C=O) groups excluding carboxylic acids is 1. The number of β-amino-alcohol motifs (C(OH)–C–C–N with tert-alkyl or cyclic N) is 1. The topological polar surface area (TPSA) is 61.4 Å². The number of aliphatic hydroxyl groups excluding tert-OH is 1. The van der Waals surface area contributed by atoms with Crippen LogP contribution >= 0.6 is 11.3 Å². The number of thiophene rings is 1. The summed E-state index contributed by atoms with van der Waals surface area (Å²) in [4.78, 5) is 14.1. The van der Waals surface area contributed by atoms with Crippen LogP contribution in [0.5, 0.6) is 0 Å². The van der Waals surface area contributed by atoms with Gasteiger partial charge in [-0.1, -0.05) is 13.3 Å². The lowest BCUT2D eigenvalue weighted by Gasteiger charge is -2.13. The first kappa shape index (κ1) is 14.5. The first-order valence-electron chi connectivity index (χ1n) is 6.88. The molecule has 106 valence electrons. The lowest BCUT2D eigenvalue weighted by atomic mass is 10.1. The number of rotatable bonds is 5. The first-order chi connectivity index (χ1) is 9.11. The van der Waals surface area contributed by atoms with Crippen molar-refractivity contribution >= 4 is 17.2 Å². The molecule has 1 saturated heterocycles. The van der Waals surface area contributed by atoms with E-state index in [2.05, 4.69) is 24.5 Å². The molecule has 19 heavy (non-hydrogen) atoms. The van der Waals surface area contributed by atoms with Gasteiger partial charge in [0.25, 0.3) is 5.91 Å². The third-order valence-electron chi connectivity index (χ3n) is 3.59. The Morgan fingerprint density at radius 1 is 1.58 bits per heavy atom. The zero-order valence-electron chi connectivity index (χ0n) is 11.5. The van der Waals surface area contributed by atoms with Gasteiger partial charge < -0.3 is 15.7 Å². The smallest absolute Gasteiger partial charge is 0.261 e. The Bertz CT molecular complexity index is 445. The SMILES string of the molecule is CCCc1cc(C(=O)NCC2CNCC2O)sc1C. The summed E-state index contributed by atoms with van der Waals surface area (Å²) in [5, 5.41) is 15.7. The van der Waals surface area contributed by atoms with Crippen molar-refractivity contribution in [2.24, 2.45) is 5.92 Å². The highest BCUT2D eigenvalue weighted by Gasteiger charge is 2.25. The third kappa shape index (κ3) is 3.55. The van der Waals surface area contributed by atoms with Gasteiger partial charge in [-0.15, -0.1) is 11.3 Å². The van der Waals surface area contributed by atoms with Gasteiger partial charge in [0.15, 0.2) is 0 Å². The molecule has 0 radical (unpaired) electrons. The van der Waals surface area contributed by atoms with Gasteiger partial charge in [0, 0.05) is 30.4 Å². The van der Waals surface area contributed by atoms with Crippen LogP contribution in [0.2, 0.25) is 0 Å². The monoisotopic (exact) mass is 282 g/mol. The Morgan fingerprint density at radius 2 is 2.37 bits per heavy atom. The van der Waals surface area contributed by atoms with Crippen molar-refractivity contribution in [3.8, 4) is 0 Å². The minimum absolute atomic E-state index is 0.0189. The maximum Gasteiger partial charge on any atom is 0.261 e. The fourth-order valence-corrected chi connectivity index (χ4v) is 3.38. The van der Waals surface area contributed by atoms with Crippen molar-refractivity contribution < 1.29 is 9.90 Å². The molecular formula is C14H22N2O2S. The Labute approximate surface area is 118 Å². The van der Waals surface area contributed by atoms with E-state index in [0.717, 1.165) is 24.3 Å². The minimum atomic E-state index is -0.346. The maximum atomic E-state index is 12.1. The molecule has 0 aliphatic carbocycles. The van der Waals surface area contributed by atoms with E-state index in [1.54, 1.807) is 11.3 Å². The second-order valence-corrected chi connectivity index (χ2v) is 6.39. The zero-order chi connectivity index (χ0) is 13.8. The molecule has 1 aromatic rings. The molecule has 4 nitrogen and oxygen atoms in total. The van der Waals surface area contributed by atoms with Crippen LogP contribution in [0.25, 0.3) is 0 Å². The van der Waals surface area contributed by atoms with Crippen LogP contribution in [0.15, 0.2) is 6.07 Å². The molecule has 1 fully saturated rings. The minimum Gasteiger partial charge on any atom is -0.391 e. The highest BCUT2D eigenvalue weighted by molar-refractivity contribution is 7.14. The predicted molar refractivity (Wildman–Crippen MR) is 77.8 cm³/mol. The fourth-order valence-electron chi connectivity index (χ4n) is 2.39. The Morgan fingerprint density at radius 3 is 3.00 bits per heavy atom. The molecule has 2 atom stereocenters. The average Bonchev–Trinajstić information content (AvgIpc) is 2.94. The molecule has 0 saturated carbocycles. The van der Waals surface area contributed by atoms with Gasteiger partial charge in [-0.3, -0.25) is 4.79 Å². The summed E-state index contributed by atoms with van der Waals surface area (Å²) in [6.45, 7) is 6.14. The Hall–Kier alpha value is -0.910. The van der Waals surface area contributed by atoms with Crippen LogP contribution in [-0.4, -0.2) is 36.8 Å². The highest BCUT2D eigenvalue weighted by Crippen LogP contribution is 2.22. The van der Waals surface area contributed by atoms with Gasteiger partial charge in [-0.05, 0) is 25.0 Å². The molecule has 1 aliphatic heterocycles. The molecule has 1 amide bonds. The standard InChI is InChI=1S/C14H22N2O2S/c1-3-4-10-5-13(19-9(10)2)14(18)16-7-11-6-15-8-12(11)17/h5,11-12,15,17H,3-4,6-8H2,1-2H3,(H,16,18). The van der Waals surface area contributed by atoms with Gasteiger partial charge in [0.1, 0.15) is 0 Å². The molecule has 0 spiro atoms. The number of hydrogen-bond acceptors (Lipinski definition) is 4. The molecule has 1 aromatic heterocycles. The number of carbonyl (C=O) groups is 1. The summed E-state index contributed by atoms with van der Waals surface area (Å²) in [6.07, 6.45) is 1.78. The van der Waals surface area contributed by atoms with Crippen LogP contribution in [0, 0.1) is 12.8 Å². The summed E-state index contributed by atoms with van der Waals surface area (Å²) in [5.41, 5.74) is 1.28. The molecule has 1 aliphatic rings. The molecule has 0 bridgehead atoms. The van der Waals surface area contributed by atoms with E-state index in [0.29, 0.717) is 13.1 Å². The highest BCUT2D eigenvalue weighted by atomic mass is 32.1. The van der Waals surface area contributed by atoms with Crippen molar-refractivity contribution in [1.29, 1.82) is 0 Å². The van der Waals surface area contributed by atoms with E-state index < -0.39 is 0 Å². The number of nitrogens with one attached hydrogen (secondary N) is 2. The van der Waals surface area contributed by atoms with E-state index in [4.69, 9.17) is 0 Å². The Kier molecular flexibility index (Phi) is 4.96. The van der Waals surface area contributed by atoms with E-state index in [9.17, 15) is 9.90 Å². The van der Waals surface area contributed by atoms with Crippen molar-refractivity contribution in [2.45, 2.75) is 32.8 Å². The van der Waals surface area contributed by atoms with Gasteiger partial charge in [0.2, 0.25) is 0 Å². The maximum absolute atomic E-state index is 12.1. The zero-order valence-corrected chi connectivity index (χ0v) is 12.3. The predicted octanol–water partition coefficient (Wildman–Crippen LogP) is 1.32. The second kappa shape index (κ2) is 6.50. The molecule has 2 heterocycles. The van der Waals surface area contributed by atoms with Crippen LogP contribution in [0.4, 0.5) is 0 Å². The number of aliphatic hydroxyl groups is 1. The molecule has 2 rings (SSSR count). The van der Waals surface area contributed by atoms with Gasteiger partial charge >= 0.3 is 0 Å². The molecular weight excluding hydrogens is 260 g/mol. The second-order valence-electron chi connectivity index (χ2n) is 5.14. The van der Waals surface area contributed by atoms with Gasteiger partial charge in [0.05, 0.1) is 11.0 Å². The molecule has 5 heteroatoms.